The highest BCUT2D eigenvalue weighted by Crippen LogP contribution is 2.30. The third kappa shape index (κ3) is 4.76. The molecule has 10 heteroatoms. The minimum atomic E-state index is -4.61. The Morgan fingerprint density at radius 3 is 2.67 bits per heavy atom. The predicted molar refractivity (Wildman–Crippen MR) is 93.7 cm³/mol. The Bertz CT molecular complexity index is 943. The zero-order valence-corrected chi connectivity index (χ0v) is 14.4. The summed E-state index contributed by atoms with van der Waals surface area (Å²) >= 11 is 5.91. The number of halogens is 4. The van der Waals surface area contributed by atoms with Gasteiger partial charge in [-0.3, -0.25) is 4.98 Å². The molecule has 2 N–H and O–H groups in total. The van der Waals surface area contributed by atoms with E-state index >= 15 is 0 Å². The molecule has 3 aromatic rings. The second-order valence-corrected chi connectivity index (χ2v) is 5.90. The van der Waals surface area contributed by atoms with Gasteiger partial charge in [0, 0.05) is 11.2 Å². The van der Waals surface area contributed by atoms with E-state index in [4.69, 9.17) is 11.6 Å². The number of anilines is 1. The Kier molecular flexibility index (Phi) is 5.31. The first-order valence-corrected chi connectivity index (χ1v) is 8.08. The Hall–Kier alpha value is -3.07. The number of nitrogens with zero attached hydrogens (tertiary/aromatic N) is 3. The van der Waals surface area contributed by atoms with Crippen LogP contribution in [0.2, 0.25) is 5.02 Å². The van der Waals surface area contributed by atoms with E-state index in [1.165, 1.54) is 12.3 Å². The molecule has 0 bridgehead atoms. The van der Waals surface area contributed by atoms with Gasteiger partial charge in [-0.1, -0.05) is 17.7 Å². The van der Waals surface area contributed by atoms with Crippen LogP contribution in [0.15, 0.2) is 54.9 Å². The largest absolute Gasteiger partial charge is 0.435 e. The van der Waals surface area contributed by atoms with Crippen molar-refractivity contribution in [3.8, 4) is 5.69 Å². The van der Waals surface area contributed by atoms with Gasteiger partial charge in [-0.15, -0.1) is 0 Å². The van der Waals surface area contributed by atoms with Crippen molar-refractivity contribution in [2.75, 3.05) is 5.32 Å². The summed E-state index contributed by atoms with van der Waals surface area (Å²) in [5.74, 6) is 0. The molecule has 1 aromatic carbocycles. The van der Waals surface area contributed by atoms with Gasteiger partial charge in [-0.05, 0) is 36.4 Å². The average Bonchev–Trinajstić information content (AvgIpc) is 3.05. The molecule has 0 radical (unpaired) electrons. The highest BCUT2D eigenvalue weighted by molar-refractivity contribution is 6.30. The molecule has 0 saturated heterocycles. The van der Waals surface area contributed by atoms with E-state index in [-0.39, 0.29) is 12.2 Å². The van der Waals surface area contributed by atoms with Crippen LogP contribution >= 0.6 is 11.6 Å². The lowest BCUT2D eigenvalue weighted by Crippen LogP contribution is -2.29. The monoisotopic (exact) mass is 395 g/mol. The van der Waals surface area contributed by atoms with Crippen molar-refractivity contribution in [3.63, 3.8) is 0 Å². The summed E-state index contributed by atoms with van der Waals surface area (Å²) in [5, 5.41) is 8.99. The number of hydrogen-bond acceptors (Lipinski definition) is 3. The minimum Gasteiger partial charge on any atom is -0.332 e. The normalized spacial score (nSPS) is 11.3. The van der Waals surface area contributed by atoms with Gasteiger partial charge < -0.3 is 10.6 Å². The molecule has 2 heterocycles. The molecule has 0 aliphatic rings. The highest BCUT2D eigenvalue weighted by Gasteiger charge is 2.35. The van der Waals surface area contributed by atoms with Gasteiger partial charge in [0.1, 0.15) is 0 Å². The number of pyridine rings is 1. The van der Waals surface area contributed by atoms with Crippen LogP contribution in [0.5, 0.6) is 0 Å². The molecule has 0 aliphatic heterocycles. The first-order chi connectivity index (χ1) is 12.8. The molecule has 140 valence electrons. The van der Waals surface area contributed by atoms with Crippen LogP contribution in [0.3, 0.4) is 0 Å². The van der Waals surface area contributed by atoms with Crippen molar-refractivity contribution < 1.29 is 18.0 Å². The number of aromatic nitrogens is 3. The van der Waals surface area contributed by atoms with Crippen molar-refractivity contribution >= 4 is 23.3 Å². The molecule has 0 atom stereocenters. The number of rotatable bonds is 4. The molecule has 3 rings (SSSR count). The third-order valence-electron chi connectivity index (χ3n) is 3.48. The average molecular weight is 396 g/mol. The molecule has 2 aromatic heterocycles. The van der Waals surface area contributed by atoms with Gasteiger partial charge in [-0.25, -0.2) is 9.48 Å². The second kappa shape index (κ2) is 7.67. The maximum atomic E-state index is 13.1. The molecular weight excluding hydrogens is 383 g/mol. The van der Waals surface area contributed by atoms with Crippen molar-refractivity contribution in [1.82, 2.24) is 20.1 Å². The number of urea groups is 1. The molecular formula is C17H13ClF3N5O. The first-order valence-electron chi connectivity index (χ1n) is 7.70. The van der Waals surface area contributed by atoms with Crippen molar-refractivity contribution in [2.45, 2.75) is 12.7 Å². The zero-order chi connectivity index (χ0) is 19.4. The van der Waals surface area contributed by atoms with Crippen LogP contribution in [0.25, 0.3) is 5.69 Å². The van der Waals surface area contributed by atoms with Crippen LogP contribution in [0.4, 0.5) is 23.7 Å². The van der Waals surface area contributed by atoms with Gasteiger partial charge in [0.05, 0.1) is 29.8 Å². The number of hydrogen-bond donors (Lipinski definition) is 2. The van der Waals surface area contributed by atoms with E-state index < -0.39 is 17.9 Å². The summed E-state index contributed by atoms with van der Waals surface area (Å²) in [6.45, 7) is -0.179. The van der Waals surface area contributed by atoms with Crippen LogP contribution in [-0.2, 0) is 12.7 Å². The van der Waals surface area contributed by atoms with E-state index in [9.17, 15) is 18.0 Å². The maximum Gasteiger partial charge on any atom is 0.435 e. The SMILES string of the molecule is O=C(NCc1cc(C(F)(F)F)nn1-c1cccc(Cl)c1)Nc1cccnc1. The zero-order valence-electron chi connectivity index (χ0n) is 13.7. The van der Waals surface area contributed by atoms with Crippen LogP contribution in [-0.4, -0.2) is 20.8 Å². The summed E-state index contributed by atoms with van der Waals surface area (Å²) in [6, 6.07) is 9.80. The van der Waals surface area contributed by atoms with Gasteiger partial charge in [-0.2, -0.15) is 18.3 Å². The standard InChI is InChI=1S/C17H13ClF3N5O/c18-11-3-1-5-13(7-11)26-14(8-15(25-26)17(19,20)21)10-23-16(27)24-12-4-2-6-22-9-12/h1-9H,10H2,(H2,23,24,27). The summed E-state index contributed by atoms with van der Waals surface area (Å²) in [4.78, 5) is 15.8. The molecule has 0 fully saturated rings. The van der Waals surface area contributed by atoms with E-state index in [1.807, 2.05) is 0 Å². The topological polar surface area (TPSA) is 71.8 Å². The molecule has 0 saturated carbocycles. The van der Waals surface area contributed by atoms with Gasteiger partial charge in [0.2, 0.25) is 0 Å². The van der Waals surface area contributed by atoms with E-state index in [1.54, 1.807) is 36.5 Å². The molecule has 0 aliphatic carbocycles. The predicted octanol–water partition coefficient (Wildman–Crippen LogP) is 4.26. The summed E-state index contributed by atoms with van der Waals surface area (Å²) < 4.78 is 40.3. The van der Waals surface area contributed by atoms with Crippen molar-refractivity contribution in [3.05, 3.63) is 71.3 Å². The number of alkyl halides is 3. The summed E-state index contributed by atoms with van der Waals surface area (Å²) in [6.07, 6.45) is -1.63. The van der Waals surface area contributed by atoms with E-state index in [0.717, 1.165) is 10.7 Å². The van der Waals surface area contributed by atoms with Crippen LogP contribution in [0.1, 0.15) is 11.4 Å². The number of amides is 2. The Morgan fingerprint density at radius 2 is 2.00 bits per heavy atom. The lowest BCUT2D eigenvalue weighted by atomic mass is 10.3. The smallest absolute Gasteiger partial charge is 0.332 e. The van der Waals surface area contributed by atoms with E-state index in [2.05, 4.69) is 20.7 Å². The quantitative estimate of drug-likeness (QED) is 0.693. The van der Waals surface area contributed by atoms with Gasteiger partial charge >= 0.3 is 12.2 Å². The van der Waals surface area contributed by atoms with Gasteiger partial charge in [0.15, 0.2) is 5.69 Å². The molecule has 6 nitrogen and oxygen atoms in total. The van der Waals surface area contributed by atoms with E-state index in [0.29, 0.717) is 16.4 Å². The fourth-order valence-corrected chi connectivity index (χ4v) is 2.48. The number of carbonyl (C=O) groups excluding carboxylic acids is 1. The fraction of sp³-hybridized carbons (Fsp3) is 0.118. The minimum absolute atomic E-state index is 0.144. The van der Waals surface area contributed by atoms with Crippen LogP contribution in [0, 0.1) is 0 Å². The summed E-state index contributed by atoms with van der Waals surface area (Å²) in [5.41, 5.74) is -0.116. The molecule has 27 heavy (non-hydrogen) atoms. The first kappa shape index (κ1) is 18.7. The van der Waals surface area contributed by atoms with Crippen LogP contribution < -0.4 is 10.6 Å². The third-order valence-corrected chi connectivity index (χ3v) is 3.71. The van der Waals surface area contributed by atoms with Crippen molar-refractivity contribution in [1.29, 1.82) is 0 Å². The summed E-state index contributed by atoms with van der Waals surface area (Å²) in [7, 11) is 0. The number of nitrogens with one attached hydrogen (secondary N) is 2. The number of carbonyl (C=O) groups is 1. The molecule has 0 spiro atoms. The fourth-order valence-electron chi connectivity index (χ4n) is 2.30. The Balaban J connectivity index is 1.81. The lowest BCUT2D eigenvalue weighted by molar-refractivity contribution is -0.141. The van der Waals surface area contributed by atoms with Crippen molar-refractivity contribution in [2.24, 2.45) is 0 Å². The second-order valence-electron chi connectivity index (χ2n) is 5.46. The van der Waals surface area contributed by atoms with Gasteiger partial charge in [0.25, 0.3) is 0 Å². The molecule has 2 amide bonds. The lowest BCUT2D eigenvalue weighted by Gasteiger charge is -2.10. The number of benzene rings is 1. The molecule has 0 unspecified atom stereocenters. The maximum absolute atomic E-state index is 13.1. The Labute approximate surface area is 157 Å². The highest BCUT2D eigenvalue weighted by atomic mass is 35.5. The Morgan fingerprint density at radius 1 is 1.19 bits per heavy atom.